The van der Waals surface area contributed by atoms with Crippen LogP contribution < -0.4 is 4.57 Å². The molecule has 0 saturated carbocycles. The van der Waals surface area contributed by atoms with Gasteiger partial charge in [0.05, 0.1) is 12.2 Å². The molecule has 2 heterocycles. The third-order valence-corrected chi connectivity index (χ3v) is 5.91. The standard InChI is InChI=1S/C18H17NO5S/c1-11(25(20,21)22)7-8-19-12(2)23-18-10-17-14(9-15(18)19)13-5-3-4-6-16(13)24-17/h3-6,9-11H,7-8H2,1-2H3/p+1. The van der Waals surface area contributed by atoms with Crippen LogP contribution in [-0.2, 0) is 16.7 Å². The van der Waals surface area contributed by atoms with Crippen molar-refractivity contribution in [2.45, 2.75) is 32.1 Å². The van der Waals surface area contributed by atoms with Crippen molar-refractivity contribution in [2.24, 2.45) is 0 Å². The first-order valence-electron chi connectivity index (χ1n) is 8.05. The molecule has 0 radical (unpaired) electrons. The Morgan fingerprint density at radius 2 is 1.84 bits per heavy atom. The fourth-order valence-corrected chi connectivity index (χ4v) is 3.56. The number of aromatic nitrogens is 1. The van der Waals surface area contributed by atoms with E-state index in [0.717, 1.165) is 27.5 Å². The Morgan fingerprint density at radius 3 is 2.60 bits per heavy atom. The molecule has 1 unspecified atom stereocenters. The number of fused-ring (bicyclic) bond motifs is 4. The molecule has 130 valence electrons. The number of benzene rings is 2. The topological polar surface area (TPSA) is 84.5 Å². The molecule has 0 aliphatic carbocycles. The fourth-order valence-electron chi connectivity index (χ4n) is 3.16. The van der Waals surface area contributed by atoms with Crippen molar-refractivity contribution >= 4 is 43.2 Å². The van der Waals surface area contributed by atoms with Gasteiger partial charge in [0, 0.05) is 29.3 Å². The summed E-state index contributed by atoms with van der Waals surface area (Å²) in [6, 6.07) is 11.7. The molecule has 0 bridgehead atoms. The molecule has 0 amide bonds. The average Bonchev–Trinajstić information content (AvgIpc) is 3.05. The first-order chi connectivity index (χ1) is 11.8. The van der Waals surface area contributed by atoms with E-state index in [1.165, 1.54) is 6.92 Å². The lowest BCUT2D eigenvalue weighted by atomic mass is 10.1. The van der Waals surface area contributed by atoms with Gasteiger partial charge in [-0.1, -0.05) is 18.2 Å². The summed E-state index contributed by atoms with van der Waals surface area (Å²) in [6.45, 7) is 3.76. The van der Waals surface area contributed by atoms with Crippen LogP contribution in [-0.4, -0.2) is 18.2 Å². The van der Waals surface area contributed by atoms with E-state index >= 15 is 0 Å². The second kappa shape index (κ2) is 5.57. The van der Waals surface area contributed by atoms with Crippen molar-refractivity contribution in [3.63, 3.8) is 0 Å². The highest BCUT2D eigenvalue weighted by Gasteiger charge is 2.25. The van der Waals surface area contributed by atoms with Gasteiger partial charge in [0.2, 0.25) is 5.58 Å². The van der Waals surface area contributed by atoms with E-state index in [1.807, 2.05) is 47.9 Å². The van der Waals surface area contributed by atoms with Crippen molar-refractivity contribution in [1.29, 1.82) is 0 Å². The smallest absolute Gasteiger partial charge is 0.344 e. The molecule has 0 spiro atoms. The maximum Gasteiger partial charge on any atom is 0.344 e. The lowest BCUT2D eigenvalue weighted by Gasteiger charge is -2.04. The summed E-state index contributed by atoms with van der Waals surface area (Å²) in [5.41, 5.74) is 3.12. The van der Waals surface area contributed by atoms with Crippen LogP contribution in [0.25, 0.3) is 33.0 Å². The van der Waals surface area contributed by atoms with Crippen LogP contribution in [0.5, 0.6) is 0 Å². The van der Waals surface area contributed by atoms with Gasteiger partial charge < -0.3 is 8.83 Å². The number of nitrogens with zero attached hydrogens (tertiary/aromatic N) is 1. The summed E-state index contributed by atoms with van der Waals surface area (Å²) < 4.78 is 45.2. The van der Waals surface area contributed by atoms with Crippen molar-refractivity contribution < 1.29 is 26.4 Å². The molecule has 4 aromatic rings. The maximum absolute atomic E-state index is 11.2. The summed E-state index contributed by atoms with van der Waals surface area (Å²) in [5, 5.41) is 1.18. The van der Waals surface area contributed by atoms with Crippen molar-refractivity contribution in [1.82, 2.24) is 0 Å². The molecule has 0 saturated heterocycles. The molecule has 2 aromatic heterocycles. The summed E-state index contributed by atoms with van der Waals surface area (Å²) in [4.78, 5) is 0. The number of hydrogen-bond donors (Lipinski definition) is 1. The van der Waals surface area contributed by atoms with Crippen LogP contribution in [0.1, 0.15) is 19.2 Å². The van der Waals surface area contributed by atoms with Crippen LogP contribution in [0.4, 0.5) is 0 Å². The summed E-state index contributed by atoms with van der Waals surface area (Å²) in [7, 11) is -4.04. The number of para-hydroxylation sites is 1. The first kappa shape index (κ1) is 16.1. The van der Waals surface area contributed by atoms with Crippen LogP contribution in [0.2, 0.25) is 0 Å². The van der Waals surface area contributed by atoms with Crippen LogP contribution in [0, 0.1) is 6.92 Å². The highest BCUT2D eigenvalue weighted by atomic mass is 32.2. The first-order valence-corrected chi connectivity index (χ1v) is 9.55. The number of oxazole rings is 1. The SMILES string of the molecule is Cc1oc2cc3oc4ccccc4c3cc2[n+]1CCC(C)S(=O)(=O)O. The number of rotatable bonds is 4. The summed E-state index contributed by atoms with van der Waals surface area (Å²) in [6.07, 6.45) is 0.295. The Bertz CT molecular complexity index is 1200. The van der Waals surface area contributed by atoms with E-state index in [4.69, 9.17) is 13.4 Å². The van der Waals surface area contributed by atoms with Gasteiger partial charge in [-0.25, -0.2) is 0 Å². The lowest BCUT2D eigenvalue weighted by molar-refractivity contribution is -0.682. The molecule has 1 N–H and O–H groups in total. The molecule has 0 fully saturated rings. The van der Waals surface area contributed by atoms with Crippen LogP contribution in [0.3, 0.4) is 0 Å². The van der Waals surface area contributed by atoms with Gasteiger partial charge in [0.1, 0.15) is 11.2 Å². The predicted molar refractivity (Wildman–Crippen MR) is 94.1 cm³/mol. The molecule has 25 heavy (non-hydrogen) atoms. The molecule has 2 aromatic carbocycles. The largest absolute Gasteiger partial charge is 0.456 e. The van der Waals surface area contributed by atoms with Crippen molar-refractivity contribution in [3.05, 3.63) is 42.3 Å². The fraction of sp³-hybridized carbons (Fsp3) is 0.278. The zero-order chi connectivity index (χ0) is 17.8. The minimum Gasteiger partial charge on any atom is -0.456 e. The minimum absolute atomic E-state index is 0.295. The molecule has 0 aliphatic rings. The van der Waals surface area contributed by atoms with Gasteiger partial charge in [0.15, 0.2) is 6.54 Å². The van der Waals surface area contributed by atoms with Gasteiger partial charge in [-0.15, -0.1) is 0 Å². The van der Waals surface area contributed by atoms with Gasteiger partial charge >= 0.3 is 5.89 Å². The van der Waals surface area contributed by atoms with E-state index in [2.05, 4.69) is 0 Å². The number of furan rings is 1. The van der Waals surface area contributed by atoms with Gasteiger partial charge in [-0.2, -0.15) is 13.0 Å². The van der Waals surface area contributed by atoms with Crippen LogP contribution in [0.15, 0.2) is 45.2 Å². The lowest BCUT2D eigenvalue weighted by Crippen LogP contribution is -2.37. The normalized spacial score (nSPS) is 13.9. The molecule has 4 rings (SSSR count). The van der Waals surface area contributed by atoms with E-state index < -0.39 is 15.4 Å². The highest BCUT2D eigenvalue weighted by molar-refractivity contribution is 7.86. The second-order valence-corrected chi connectivity index (χ2v) is 8.14. The quantitative estimate of drug-likeness (QED) is 0.444. The van der Waals surface area contributed by atoms with E-state index in [1.54, 1.807) is 0 Å². The molecule has 1 atom stereocenters. The molecular weight excluding hydrogens is 342 g/mol. The summed E-state index contributed by atoms with van der Waals surface area (Å²) in [5.74, 6) is 0.675. The van der Waals surface area contributed by atoms with Crippen molar-refractivity contribution in [2.75, 3.05) is 0 Å². The highest BCUT2D eigenvalue weighted by Crippen LogP contribution is 2.31. The van der Waals surface area contributed by atoms with Gasteiger partial charge in [-0.3, -0.25) is 4.55 Å². The monoisotopic (exact) mass is 360 g/mol. The Morgan fingerprint density at radius 1 is 1.08 bits per heavy atom. The Labute approximate surface area is 144 Å². The molecule has 6 nitrogen and oxygen atoms in total. The minimum atomic E-state index is -4.04. The summed E-state index contributed by atoms with van der Waals surface area (Å²) >= 11 is 0. The van der Waals surface area contributed by atoms with Gasteiger partial charge in [0.25, 0.3) is 15.6 Å². The molecular formula is C18H18NO5S+. The van der Waals surface area contributed by atoms with Crippen LogP contribution >= 0.6 is 0 Å². The number of hydrogen-bond acceptors (Lipinski definition) is 4. The van der Waals surface area contributed by atoms with E-state index in [9.17, 15) is 8.42 Å². The second-order valence-electron chi connectivity index (χ2n) is 6.30. The third-order valence-electron chi connectivity index (χ3n) is 4.65. The molecule has 7 heteroatoms. The Hall–Kier alpha value is -2.38. The number of aryl methyl sites for hydroxylation is 2. The van der Waals surface area contributed by atoms with Gasteiger partial charge in [-0.05, 0) is 13.0 Å². The van der Waals surface area contributed by atoms with E-state index in [0.29, 0.717) is 24.4 Å². The average molecular weight is 360 g/mol. The molecule has 0 aliphatic heterocycles. The third kappa shape index (κ3) is 2.69. The Balaban J connectivity index is 1.84. The Kier molecular flexibility index (Phi) is 3.59. The zero-order valence-electron chi connectivity index (χ0n) is 13.9. The van der Waals surface area contributed by atoms with Crippen molar-refractivity contribution in [3.8, 4) is 0 Å². The maximum atomic E-state index is 11.2. The zero-order valence-corrected chi connectivity index (χ0v) is 14.7. The predicted octanol–water partition coefficient (Wildman–Crippen LogP) is 3.59. The van der Waals surface area contributed by atoms with E-state index in [-0.39, 0.29) is 0 Å².